The fraction of sp³-hybridized carbons (Fsp3) is 0.444. The van der Waals surface area contributed by atoms with Crippen LogP contribution in [-0.4, -0.2) is 15.1 Å². The first kappa shape index (κ1) is 11.0. The van der Waals surface area contributed by atoms with E-state index < -0.39 is 4.90 Å². The summed E-state index contributed by atoms with van der Waals surface area (Å²) in [4.78, 5) is 0.105. The van der Waals surface area contributed by atoms with E-state index in [4.69, 9.17) is 0 Å². The van der Waals surface area contributed by atoms with Crippen molar-refractivity contribution in [2.75, 3.05) is 0 Å². The molecule has 14 heavy (non-hydrogen) atoms. The molecule has 0 unspecified atom stereocenters. The highest BCUT2D eigenvalue weighted by molar-refractivity contribution is 8.18. The number of allylic oxidation sites excluding steroid dienone is 2. The summed E-state index contributed by atoms with van der Waals surface area (Å²) in [6, 6.07) is 0. The maximum absolute atomic E-state index is 10.4. The minimum atomic E-state index is -0.454. The van der Waals surface area contributed by atoms with Crippen LogP contribution in [0.1, 0.15) is 20.8 Å². The van der Waals surface area contributed by atoms with Crippen LogP contribution in [0.2, 0.25) is 0 Å². The van der Waals surface area contributed by atoms with Gasteiger partial charge in [-0.3, -0.25) is 0 Å². The topological polar surface area (TPSA) is 69.4 Å². The highest BCUT2D eigenvalue weighted by Gasteiger charge is 2.24. The molecule has 0 saturated heterocycles. The van der Waals surface area contributed by atoms with Crippen molar-refractivity contribution in [1.29, 1.82) is 0 Å². The minimum absolute atomic E-state index is 0.0517. The Hall–Kier alpha value is -1.10. The molecular weight excluding hydrogens is 202 g/mol. The van der Waals surface area contributed by atoms with Crippen LogP contribution in [0, 0.1) is 15.8 Å². The maximum Gasteiger partial charge on any atom is 0.262 e. The first-order valence-corrected chi connectivity index (χ1v) is 4.95. The van der Waals surface area contributed by atoms with Crippen molar-refractivity contribution in [3.05, 3.63) is 33.2 Å². The highest BCUT2D eigenvalue weighted by Crippen LogP contribution is 2.35. The molecule has 1 N–H and O–H groups in total. The molecular formula is C9H12NO3S-. The van der Waals surface area contributed by atoms with Gasteiger partial charge in [-0.1, -0.05) is 20.8 Å². The molecule has 0 amide bonds. The first-order chi connectivity index (χ1) is 6.32. The molecule has 0 bridgehead atoms. The van der Waals surface area contributed by atoms with E-state index in [-0.39, 0.29) is 16.2 Å². The van der Waals surface area contributed by atoms with Gasteiger partial charge in [0.2, 0.25) is 0 Å². The number of aliphatic hydroxyl groups excluding tert-OH is 1. The third-order valence-electron chi connectivity index (χ3n) is 1.72. The van der Waals surface area contributed by atoms with Crippen molar-refractivity contribution in [3.63, 3.8) is 0 Å². The van der Waals surface area contributed by atoms with Crippen molar-refractivity contribution in [2.24, 2.45) is 5.41 Å². The van der Waals surface area contributed by atoms with Gasteiger partial charge in [-0.05, 0) is 17.8 Å². The fourth-order valence-corrected chi connectivity index (χ4v) is 1.90. The number of hydrogen-bond donors (Lipinski definition) is 1. The van der Waals surface area contributed by atoms with Gasteiger partial charge in [-0.2, -0.15) is 4.90 Å². The highest BCUT2D eigenvalue weighted by atomic mass is 32.2. The summed E-state index contributed by atoms with van der Waals surface area (Å²) in [5.74, 6) is 0.190. The van der Waals surface area contributed by atoms with Crippen molar-refractivity contribution in [2.45, 2.75) is 20.8 Å². The Morgan fingerprint density at radius 2 is 1.93 bits per heavy atom. The van der Waals surface area contributed by atoms with Crippen LogP contribution in [0.25, 0.3) is 0 Å². The zero-order valence-electron chi connectivity index (χ0n) is 8.27. The molecule has 0 spiro atoms. The zero-order chi connectivity index (χ0) is 10.9. The Labute approximate surface area is 86.8 Å². The Morgan fingerprint density at radius 1 is 1.36 bits per heavy atom. The van der Waals surface area contributed by atoms with Gasteiger partial charge in [0, 0.05) is 11.5 Å². The average Bonchev–Trinajstić information content (AvgIpc) is 2.48. The quantitative estimate of drug-likeness (QED) is 0.382. The van der Waals surface area contributed by atoms with Crippen molar-refractivity contribution in [3.8, 4) is 0 Å². The molecule has 0 aromatic rings. The van der Waals surface area contributed by atoms with Gasteiger partial charge in [0.25, 0.3) is 5.04 Å². The largest absolute Gasteiger partial charge is 0.612 e. The van der Waals surface area contributed by atoms with Gasteiger partial charge in [0.05, 0.1) is 4.91 Å². The lowest BCUT2D eigenvalue weighted by atomic mass is 9.93. The van der Waals surface area contributed by atoms with Gasteiger partial charge in [0.1, 0.15) is 5.76 Å². The smallest absolute Gasteiger partial charge is 0.262 e. The summed E-state index contributed by atoms with van der Waals surface area (Å²) >= 11 is 0.990. The molecule has 1 aliphatic heterocycles. The predicted octanol–water partition coefficient (Wildman–Crippen LogP) is 2.51. The second-order valence-electron chi connectivity index (χ2n) is 3.99. The van der Waals surface area contributed by atoms with E-state index in [9.17, 15) is 15.5 Å². The molecule has 0 aliphatic carbocycles. The Kier molecular flexibility index (Phi) is 2.80. The second kappa shape index (κ2) is 3.57. The van der Waals surface area contributed by atoms with E-state index in [1.807, 2.05) is 20.8 Å². The molecule has 78 valence electrons. The summed E-state index contributed by atoms with van der Waals surface area (Å²) in [6.45, 7) is 5.57. The maximum atomic E-state index is 10.4. The summed E-state index contributed by atoms with van der Waals surface area (Å²) in [5.41, 5.74) is -0.376. The average molecular weight is 214 g/mol. The number of rotatable bonds is 0. The fourth-order valence-electron chi connectivity index (χ4n) is 0.923. The molecule has 5 heteroatoms. The Morgan fingerprint density at radius 3 is 2.29 bits per heavy atom. The van der Waals surface area contributed by atoms with E-state index >= 15 is 0 Å². The lowest BCUT2D eigenvalue weighted by molar-refractivity contribution is -0.374. The standard InChI is InChI=1S/C9H12NO3S/c1-9(2,3)8(11)6-4-5-7(14-6)10(12)13/h4-5H,1-3H3,(H-,11,12,13)/q-1. The summed E-state index contributed by atoms with van der Waals surface area (Å²) in [5, 5.41) is 30.6. The number of nitrogens with zero attached hydrogens (tertiary/aromatic N) is 1. The molecule has 0 fully saturated rings. The van der Waals surface area contributed by atoms with Gasteiger partial charge >= 0.3 is 0 Å². The summed E-state index contributed by atoms with van der Waals surface area (Å²) in [6.07, 6.45) is 2.98. The van der Waals surface area contributed by atoms with Gasteiger partial charge in [-0.25, -0.2) is 0 Å². The molecule has 1 aliphatic rings. The summed E-state index contributed by atoms with van der Waals surface area (Å²) < 4.78 is 0. The molecule has 0 atom stereocenters. The molecule has 0 aromatic heterocycles. The third-order valence-corrected chi connectivity index (χ3v) is 2.76. The first-order valence-electron chi connectivity index (χ1n) is 4.13. The third kappa shape index (κ3) is 2.23. The number of aliphatic hydroxyl groups is 1. The van der Waals surface area contributed by atoms with Crippen LogP contribution in [0.4, 0.5) is 0 Å². The van der Waals surface area contributed by atoms with Crippen LogP contribution in [0.3, 0.4) is 0 Å². The predicted molar refractivity (Wildman–Crippen MR) is 57.8 cm³/mol. The molecule has 4 nitrogen and oxygen atoms in total. The van der Waals surface area contributed by atoms with Crippen molar-refractivity contribution < 1.29 is 10.0 Å². The van der Waals surface area contributed by atoms with Crippen LogP contribution in [-0.2, 0) is 0 Å². The van der Waals surface area contributed by atoms with Gasteiger partial charge < -0.3 is 15.5 Å². The van der Waals surface area contributed by atoms with Crippen molar-refractivity contribution in [1.82, 2.24) is 0 Å². The monoisotopic (exact) mass is 214 g/mol. The Bertz CT molecular complexity index is 332. The van der Waals surface area contributed by atoms with Crippen LogP contribution in [0.5, 0.6) is 0 Å². The van der Waals surface area contributed by atoms with Crippen molar-refractivity contribution >= 4 is 16.8 Å². The molecule has 0 saturated carbocycles. The van der Waals surface area contributed by atoms with E-state index in [1.165, 1.54) is 6.08 Å². The lowest BCUT2D eigenvalue weighted by Gasteiger charge is -2.18. The van der Waals surface area contributed by atoms with Crippen LogP contribution in [0.15, 0.2) is 22.8 Å². The van der Waals surface area contributed by atoms with E-state index in [2.05, 4.69) is 0 Å². The van der Waals surface area contributed by atoms with E-state index in [0.29, 0.717) is 4.91 Å². The minimum Gasteiger partial charge on any atom is -0.612 e. The van der Waals surface area contributed by atoms with E-state index in [1.54, 1.807) is 6.08 Å². The van der Waals surface area contributed by atoms with Crippen LogP contribution >= 0.6 is 11.8 Å². The SMILES string of the molecule is CC(C)(C)C(O)=C1C=CC(=[N+]([O-])[O-])S1. The summed E-state index contributed by atoms with van der Waals surface area (Å²) in [7, 11) is 0. The van der Waals surface area contributed by atoms with Gasteiger partial charge in [0.15, 0.2) is 0 Å². The normalized spacial score (nSPS) is 20.1. The molecule has 1 heterocycles. The number of thioether (sulfide) groups is 1. The lowest BCUT2D eigenvalue weighted by Crippen LogP contribution is -2.10. The Balaban J connectivity index is 2.98. The van der Waals surface area contributed by atoms with Gasteiger partial charge in [-0.15, -0.1) is 0 Å². The molecule has 0 radical (unpaired) electrons. The number of hydrogen-bond acceptors (Lipinski definition) is 4. The zero-order valence-corrected chi connectivity index (χ0v) is 9.09. The molecule has 0 aromatic carbocycles. The van der Waals surface area contributed by atoms with Crippen LogP contribution < -0.4 is 0 Å². The molecule has 1 rings (SSSR count). The van der Waals surface area contributed by atoms with E-state index in [0.717, 1.165) is 11.8 Å². The second-order valence-corrected chi connectivity index (χ2v) is 5.06.